The highest BCUT2D eigenvalue weighted by Gasteiger charge is 2.34. The zero-order valence-electron chi connectivity index (χ0n) is 14.8. The number of nitrogens with zero attached hydrogens (tertiary/aromatic N) is 2. The van der Waals surface area contributed by atoms with Crippen LogP contribution in [0.4, 0.5) is 0 Å². The Hall–Kier alpha value is -1.88. The van der Waals surface area contributed by atoms with Gasteiger partial charge in [0.15, 0.2) is 0 Å². The number of likely N-dealkylation sites (tertiary alicyclic amines) is 1. The maximum Gasteiger partial charge on any atom is 0.307 e. The highest BCUT2D eigenvalue weighted by atomic mass is 16.6. The second-order valence-corrected chi connectivity index (χ2v) is 7.28. The molecule has 1 saturated heterocycles. The molecular formula is C20H28N2O3. The fourth-order valence-electron chi connectivity index (χ4n) is 4.09. The van der Waals surface area contributed by atoms with Gasteiger partial charge in [-0.1, -0.05) is 48.3 Å². The van der Waals surface area contributed by atoms with Crippen molar-refractivity contribution >= 4 is 12.2 Å². The van der Waals surface area contributed by atoms with E-state index in [2.05, 4.69) is 34.3 Å². The number of rotatable bonds is 7. The van der Waals surface area contributed by atoms with Crippen LogP contribution in [-0.2, 0) is 15.0 Å². The first-order valence-electron chi connectivity index (χ1n) is 9.37. The number of carboxylic acid groups (broad SMARTS) is 1. The molecule has 136 valence electrons. The van der Waals surface area contributed by atoms with Crippen LogP contribution in [0.3, 0.4) is 0 Å². The molecule has 3 rings (SSSR count). The van der Waals surface area contributed by atoms with Crippen molar-refractivity contribution in [2.75, 3.05) is 26.2 Å². The standard InChI is InChI=1S/C20H28N2O3/c23-19(24)17-7-6-12-22(15-17)13-14-25-21-16-20(10-4-5-11-20)18-8-2-1-3-9-18/h1-3,8-9,16-17H,4-7,10-15H2,(H,23,24)/t17-/m1/s1. The van der Waals surface area contributed by atoms with Gasteiger partial charge < -0.3 is 9.94 Å². The van der Waals surface area contributed by atoms with Crippen LogP contribution < -0.4 is 0 Å². The van der Waals surface area contributed by atoms with Gasteiger partial charge in [-0.05, 0) is 37.8 Å². The minimum absolute atomic E-state index is 0.0147. The number of carbonyl (C=O) groups is 1. The first-order chi connectivity index (χ1) is 12.2. The molecule has 1 aliphatic heterocycles. The molecule has 0 bridgehead atoms. The second kappa shape index (κ2) is 8.48. The lowest BCUT2D eigenvalue weighted by Gasteiger charge is -2.30. The van der Waals surface area contributed by atoms with Gasteiger partial charge in [0.2, 0.25) is 0 Å². The SMILES string of the molecule is O=C(O)[C@@H]1CCCN(CCON=CC2(c3ccccc3)CCCC2)C1. The zero-order chi connectivity index (χ0) is 17.5. The Morgan fingerprint density at radius 2 is 2.04 bits per heavy atom. The average Bonchev–Trinajstić information content (AvgIpc) is 3.12. The van der Waals surface area contributed by atoms with Gasteiger partial charge in [0.05, 0.1) is 12.1 Å². The highest BCUT2D eigenvalue weighted by molar-refractivity contribution is 5.73. The molecule has 1 N–H and O–H groups in total. The van der Waals surface area contributed by atoms with Crippen LogP contribution in [0.25, 0.3) is 0 Å². The molecule has 1 aromatic carbocycles. The van der Waals surface area contributed by atoms with E-state index < -0.39 is 5.97 Å². The number of carboxylic acids is 1. The van der Waals surface area contributed by atoms with E-state index in [9.17, 15) is 4.79 Å². The largest absolute Gasteiger partial charge is 0.481 e. The van der Waals surface area contributed by atoms with Crippen molar-refractivity contribution in [3.8, 4) is 0 Å². The summed E-state index contributed by atoms with van der Waals surface area (Å²) in [7, 11) is 0. The van der Waals surface area contributed by atoms with Gasteiger partial charge in [0, 0.05) is 18.5 Å². The van der Waals surface area contributed by atoms with E-state index in [1.165, 1.54) is 18.4 Å². The van der Waals surface area contributed by atoms with E-state index >= 15 is 0 Å². The molecular weight excluding hydrogens is 316 g/mol. The van der Waals surface area contributed by atoms with Crippen LogP contribution in [0.5, 0.6) is 0 Å². The predicted octanol–water partition coefficient (Wildman–Crippen LogP) is 3.30. The van der Waals surface area contributed by atoms with E-state index in [1.807, 2.05) is 12.3 Å². The molecule has 1 saturated carbocycles. The van der Waals surface area contributed by atoms with Gasteiger partial charge in [0.25, 0.3) is 0 Å². The van der Waals surface area contributed by atoms with E-state index in [1.54, 1.807) is 0 Å². The molecule has 1 heterocycles. The second-order valence-electron chi connectivity index (χ2n) is 7.28. The van der Waals surface area contributed by atoms with Crippen molar-refractivity contribution < 1.29 is 14.7 Å². The molecule has 5 heteroatoms. The minimum atomic E-state index is -0.685. The van der Waals surface area contributed by atoms with E-state index in [0.717, 1.165) is 38.8 Å². The average molecular weight is 344 g/mol. The number of oxime groups is 1. The first-order valence-corrected chi connectivity index (χ1v) is 9.37. The Balaban J connectivity index is 1.48. The van der Waals surface area contributed by atoms with Gasteiger partial charge in [-0.25, -0.2) is 0 Å². The maximum atomic E-state index is 11.1. The molecule has 0 radical (unpaired) electrons. The summed E-state index contributed by atoms with van der Waals surface area (Å²) in [6.45, 7) is 2.81. The van der Waals surface area contributed by atoms with E-state index in [-0.39, 0.29) is 11.3 Å². The normalized spacial score (nSPS) is 23.8. The molecule has 25 heavy (non-hydrogen) atoms. The van der Waals surface area contributed by atoms with Gasteiger partial charge in [-0.3, -0.25) is 9.69 Å². The summed E-state index contributed by atoms with van der Waals surface area (Å²) in [4.78, 5) is 18.8. The third-order valence-corrected chi connectivity index (χ3v) is 5.57. The quantitative estimate of drug-likeness (QED) is 0.468. The first kappa shape index (κ1) is 17.9. The number of hydrogen-bond acceptors (Lipinski definition) is 4. The van der Waals surface area contributed by atoms with Gasteiger partial charge in [-0.2, -0.15) is 0 Å². The van der Waals surface area contributed by atoms with Crippen molar-refractivity contribution in [3.63, 3.8) is 0 Å². The number of piperidine rings is 1. The third kappa shape index (κ3) is 4.60. The van der Waals surface area contributed by atoms with Crippen molar-refractivity contribution in [2.45, 2.75) is 43.9 Å². The van der Waals surface area contributed by atoms with Crippen LogP contribution in [0.15, 0.2) is 35.5 Å². The van der Waals surface area contributed by atoms with Gasteiger partial charge in [0.1, 0.15) is 6.61 Å². The van der Waals surface area contributed by atoms with Crippen LogP contribution in [0, 0.1) is 5.92 Å². The van der Waals surface area contributed by atoms with E-state index in [0.29, 0.717) is 13.2 Å². The predicted molar refractivity (Wildman–Crippen MR) is 97.8 cm³/mol. The molecule has 1 aromatic rings. The monoisotopic (exact) mass is 344 g/mol. The Kier molecular flexibility index (Phi) is 6.08. The molecule has 1 aliphatic carbocycles. The van der Waals surface area contributed by atoms with Crippen LogP contribution in [0.2, 0.25) is 0 Å². The van der Waals surface area contributed by atoms with Crippen LogP contribution in [-0.4, -0.2) is 48.4 Å². The molecule has 0 aromatic heterocycles. The van der Waals surface area contributed by atoms with Crippen molar-refractivity contribution in [1.82, 2.24) is 4.90 Å². The molecule has 1 atom stereocenters. The fourth-order valence-corrected chi connectivity index (χ4v) is 4.09. The summed E-state index contributed by atoms with van der Waals surface area (Å²) in [5.74, 6) is -0.924. The lowest BCUT2D eigenvalue weighted by molar-refractivity contribution is -0.143. The Morgan fingerprint density at radius 1 is 1.28 bits per heavy atom. The third-order valence-electron chi connectivity index (χ3n) is 5.57. The van der Waals surface area contributed by atoms with Crippen molar-refractivity contribution in [1.29, 1.82) is 0 Å². The smallest absolute Gasteiger partial charge is 0.307 e. The molecule has 2 fully saturated rings. The number of aliphatic carboxylic acids is 1. The number of hydrogen-bond donors (Lipinski definition) is 1. The Morgan fingerprint density at radius 3 is 2.76 bits per heavy atom. The van der Waals surface area contributed by atoms with Crippen molar-refractivity contribution in [2.24, 2.45) is 11.1 Å². The molecule has 5 nitrogen and oxygen atoms in total. The topological polar surface area (TPSA) is 62.1 Å². The summed E-state index contributed by atoms with van der Waals surface area (Å²) in [5, 5.41) is 13.4. The number of benzene rings is 1. The summed E-state index contributed by atoms with van der Waals surface area (Å²) in [6, 6.07) is 10.6. The molecule has 0 unspecified atom stereocenters. The van der Waals surface area contributed by atoms with Crippen LogP contribution >= 0.6 is 0 Å². The van der Waals surface area contributed by atoms with Crippen molar-refractivity contribution in [3.05, 3.63) is 35.9 Å². The summed E-state index contributed by atoms with van der Waals surface area (Å²) < 4.78 is 0. The van der Waals surface area contributed by atoms with Gasteiger partial charge in [-0.15, -0.1) is 0 Å². The maximum absolute atomic E-state index is 11.1. The van der Waals surface area contributed by atoms with Crippen LogP contribution in [0.1, 0.15) is 44.1 Å². The zero-order valence-corrected chi connectivity index (χ0v) is 14.8. The highest BCUT2D eigenvalue weighted by Crippen LogP contribution is 2.39. The minimum Gasteiger partial charge on any atom is -0.481 e. The Labute approximate surface area is 149 Å². The lowest BCUT2D eigenvalue weighted by atomic mass is 9.80. The van der Waals surface area contributed by atoms with E-state index in [4.69, 9.17) is 9.94 Å². The Bertz CT molecular complexity index is 582. The molecule has 0 spiro atoms. The summed E-state index contributed by atoms with van der Waals surface area (Å²) in [6.07, 6.45) is 8.41. The van der Waals surface area contributed by atoms with Gasteiger partial charge >= 0.3 is 5.97 Å². The molecule has 0 amide bonds. The fraction of sp³-hybridized carbons (Fsp3) is 0.600. The summed E-state index contributed by atoms with van der Waals surface area (Å²) in [5.41, 5.74) is 1.33. The lowest BCUT2D eigenvalue weighted by Crippen LogP contribution is -2.40. The summed E-state index contributed by atoms with van der Waals surface area (Å²) >= 11 is 0. The molecule has 2 aliphatic rings.